The summed E-state index contributed by atoms with van der Waals surface area (Å²) >= 11 is 1.59. The average molecular weight is 346 g/mol. The van der Waals surface area contributed by atoms with Crippen LogP contribution < -0.4 is 0 Å². The molecule has 1 aromatic heterocycles. The summed E-state index contributed by atoms with van der Waals surface area (Å²) in [6, 6.07) is 9.55. The Bertz CT molecular complexity index is 692. The van der Waals surface area contributed by atoms with Gasteiger partial charge in [-0.2, -0.15) is 0 Å². The summed E-state index contributed by atoms with van der Waals surface area (Å²) in [5, 5.41) is 1.97. The van der Waals surface area contributed by atoms with E-state index in [0.29, 0.717) is 44.7 Å². The number of rotatable bonds is 5. The predicted molar refractivity (Wildman–Crippen MR) is 91.8 cm³/mol. The highest BCUT2D eigenvalue weighted by molar-refractivity contribution is 7.10. The van der Waals surface area contributed by atoms with E-state index in [1.165, 1.54) is 24.3 Å². The molecule has 0 N–H and O–H groups in total. The lowest BCUT2D eigenvalue weighted by atomic mass is 10.1. The summed E-state index contributed by atoms with van der Waals surface area (Å²) in [5.74, 6) is -0.222. The van der Waals surface area contributed by atoms with Gasteiger partial charge in [0.1, 0.15) is 5.82 Å². The first kappa shape index (κ1) is 16.8. The van der Waals surface area contributed by atoms with Gasteiger partial charge in [0, 0.05) is 36.6 Å². The Morgan fingerprint density at radius 3 is 2.38 bits per heavy atom. The fraction of sp³-hybridized carbons (Fsp3) is 0.333. The summed E-state index contributed by atoms with van der Waals surface area (Å²) in [7, 11) is 0. The summed E-state index contributed by atoms with van der Waals surface area (Å²) < 4.78 is 12.9. The summed E-state index contributed by atoms with van der Waals surface area (Å²) in [4.78, 5) is 29.4. The van der Waals surface area contributed by atoms with Crippen LogP contribution in [0.15, 0.2) is 41.8 Å². The molecule has 0 saturated carbocycles. The lowest BCUT2D eigenvalue weighted by molar-refractivity contribution is -0.132. The maximum Gasteiger partial charge on any atom is 0.227 e. The number of nitrogens with zero attached hydrogens (tertiary/aromatic N) is 2. The van der Waals surface area contributed by atoms with Crippen molar-refractivity contribution in [3.63, 3.8) is 0 Å². The van der Waals surface area contributed by atoms with Crippen molar-refractivity contribution in [3.05, 3.63) is 58.0 Å². The van der Waals surface area contributed by atoms with Gasteiger partial charge in [-0.1, -0.05) is 6.07 Å². The Kier molecular flexibility index (Phi) is 5.37. The van der Waals surface area contributed by atoms with Gasteiger partial charge in [0.2, 0.25) is 5.91 Å². The maximum atomic E-state index is 12.9. The minimum atomic E-state index is -0.343. The maximum absolute atomic E-state index is 12.9. The highest BCUT2D eigenvalue weighted by Gasteiger charge is 2.23. The molecule has 1 aliphatic heterocycles. The van der Waals surface area contributed by atoms with Crippen LogP contribution in [0.2, 0.25) is 0 Å². The molecule has 2 heterocycles. The molecule has 6 heteroatoms. The first-order chi connectivity index (χ1) is 11.6. The van der Waals surface area contributed by atoms with Gasteiger partial charge < -0.3 is 4.90 Å². The minimum absolute atomic E-state index is 0.0200. The molecule has 0 aliphatic carbocycles. The molecule has 3 rings (SSSR count). The van der Waals surface area contributed by atoms with E-state index in [0.717, 1.165) is 4.88 Å². The van der Waals surface area contributed by atoms with E-state index in [9.17, 15) is 14.0 Å². The van der Waals surface area contributed by atoms with E-state index in [-0.39, 0.29) is 17.5 Å². The third-order valence-electron chi connectivity index (χ3n) is 4.16. The molecule has 1 aromatic carbocycles. The molecule has 4 nitrogen and oxygen atoms in total. The zero-order valence-electron chi connectivity index (χ0n) is 13.3. The number of hydrogen-bond donors (Lipinski definition) is 0. The zero-order chi connectivity index (χ0) is 16.9. The minimum Gasteiger partial charge on any atom is -0.340 e. The normalized spacial score (nSPS) is 15.5. The van der Waals surface area contributed by atoms with Crippen LogP contribution in [0, 0.1) is 5.82 Å². The number of hydrogen-bond acceptors (Lipinski definition) is 4. The van der Waals surface area contributed by atoms with E-state index in [4.69, 9.17) is 0 Å². The van der Waals surface area contributed by atoms with E-state index >= 15 is 0 Å². The zero-order valence-corrected chi connectivity index (χ0v) is 14.1. The Morgan fingerprint density at radius 1 is 1.04 bits per heavy atom. The number of Topliss-reactive ketones (excluding diaryl/α,β-unsaturated/α-hetero) is 1. The molecular formula is C18H19FN2O2S. The van der Waals surface area contributed by atoms with Crippen LogP contribution in [0.1, 0.15) is 15.2 Å². The fourth-order valence-corrected chi connectivity index (χ4v) is 3.46. The number of halogens is 1. The molecule has 0 spiro atoms. The van der Waals surface area contributed by atoms with Crippen molar-refractivity contribution in [1.29, 1.82) is 0 Å². The molecule has 1 saturated heterocycles. The smallest absolute Gasteiger partial charge is 0.227 e. The van der Waals surface area contributed by atoms with Crippen LogP contribution in [0.3, 0.4) is 0 Å². The van der Waals surface area contributed by atoms with Crippen molar-refractivity contribution in [2.45, 2.75) is 6.42 Å². The Hall–Kier alpha value is -2.05. The second kappa shape index (κ2) is 7.68. The van der Waals surface area contributed by atoms with Gasteiger partial charge in [-0.25, -0.2) is 4.39 Å². The number of carbonyl (C=O) groups excluding carboxylic acids is 2. The van der Waals surface area contributed by atoms with Crippen LogP contribution in [0.5, 0.6) is 0 Å². The first-order valence-electron chi connectivity index (χ1n) is 7.93. The van der Waals surface area contributed by atoms with E-state index < -0.39 is 0 Å². The molecule has 1 amide bonds. The van der Waals surface area contributed by atoms with Crippen molar-refractivity contribution >= 4 is 23.0 Å². The third-order valence-corrected chi connectivity index (χ3v) is 5.04. The predicted octanol–water partition coefficient (Wildman–Crippen LogP) is 2.46. The standard InChI is InChI=1S/C18H19FN2O2S/c19-15-5-3-14(4-6-15)17(22)13-20-7-9-21(10-8-20)18(23)12-16-2-1-11-24-16/h1-6,11H,7-10,12-13H2. The van der Waals surface area contributed by atoms with Gasteiger partial charge >= 0.3 is 0 Å². The highest BCUT2D eigenvalue weighted by Crippen LogP contribution is 2.12. The summed E-state index contributed by atoms with van der Waals surface area (Å²) in [6.45, 7) is 2.95. The summed E-state index contributed by atoms with van der Waals surface area (Å²) in [6.07, 6.45) is 0.451. The van der Waals surface area contributed by atoms with Crippen LogP contribution in [0.4, 0.5) is 4.39 Å². The van der Waals surface area contributed by atoms with Crippen LogP contribution >= 0.6 is 11.3 Å². The van der Waals surface area contributed by atoms with Crippen molar-refractivity contribution in [2.24, 2.45) is 0 Å². The number of thiophene rings is 1. The molecule has 1 fully saturated rings. The molecule has 0 bridgehead atoms. The van der Waals surface area contributed by atoms with Gasteiger partial charge in [-0.15, -0.1) is 11.3 Å². The quantitative estimate of drug-likeness (QED) is 0.781. The molecule has 0 atom stereocenters. The van der Waals surface area contributed by atoms with Crippen LogP contribution in [-0.4, -0.2) is 54.2 Å². The molecule has 126 valence electrons. The van der Waals surface area contributed by atoms with Crippen LogP contribution in [0.25, 0.3) is 0 Å². The van der Waals surface area contributed by atoms with Gasteiger partial charge in [-0.05, 0) is 35.7 Å². The lowest BCUT2D eigenvalue weighted by Gasteiger charge is -2.34. The number of carbonyl (C=O) groups is 2. The van der Waals surface area contributed by atoms with E-state index in [1.807, 2.05) is 27.3 Å². The van der Waals surface area contributed by atoms with E-state index in [1.54, 1.807) is 11.3 Å². The van der Waals surface area contributed by atoms with Gasteiger partial charge in [0.05, 0.1) is 13.0 Å². The molecule has 1 aliphatic rings. The largest absolute Gasteiger partial charge is 0.340 e. The third kappa shape index (κ3) is 4.27. The number of piperazine rings is 1. The molecule has 0 radical (unpaired) electrons. The van der Waals surface area contributed by atoms with Gasteiger partial charge in [0.15, 0.2) is 5.78 Å². The Labute approximate surface area is 144 Å². The number of amides is 1. The van der Waals surface area contributed by atoms with Crippen molar-refractivity contribution in [2.75, 3.05) is 32.7 Å². The lowest BCUT2D eigenvalue weighted by Crippen LogP contribution is -2.50. The second-order valence-electron chi connectivity index (χ2n) is 5.84. The molecular weight excluding hydrogens is 327 g/mol. The second-order valence-corrected chi connectivity index (χ2v) is 6.88. The number of benzene rings is 1. The average Bonchev–Trinajstić information content (AvgIpc) is 3.09. The Balaban J connectivity index is 1.47. The topological polar surface area (TPSA) is 40.6 Å². The Morgan fingerprint density at radius 2 is 1.75 bits per heavy atom. The number of ketones is 1. The molecule has 2 aromatic rings. The van der Waals surface area contributed by atoms with Crippen LogP contribution in [-0.2, 0) is 11.2 Å². The molecule has 24 heavy (non-hydrogen) atoms. The van der Waals surface area contributed by atoms with Gasteiger partial charge in [0.25, 0.3) is 0 Å². The SMILES string of the molecule is O=C(CN1CCN(C(=O)Cc2cccs2)CC1)c1ccc(F)cc1. The van der Waals surface area contributed by atoms with Crippen molar-refractivity contribution < 1.29 is 14.0 Å². The monoisotopic (exact) mass is 346 g/mol. The first-order valence-corrected chi connectivity index (χ1v) is 8.81. The van der Waals surface area contributed by atoms with E-state index in [2.05, 4.69) is 0 Å². The van der Waals surface area contributed by atoms with Gasteiger partial charge in [-0.3, -0.25) is 14.5 Å². The highest BCUT2D eigenvalue weighted by atomic mass is 32.1. The van der Waals surface area contributed by atoms with Crippen molar-refractivity contribution in [1.82, 2.24) is 9.80 Å². The fourth-order valence-electron chi connectivity index (χ4n) is 2.76. The summed E-state index contributed by atoms with van der Waals surface area (Å²) in [5.41, 5.74) is 0.521. The molecule has 0 unspecified atom stereocenters. The van der Waals surface area contributed by atoms with Crippen molar-refractivity contribution in [3.8, 4) is 0 Å².